The van der Waals surface area contributed by atoms with E-state index in [1.54, 1.807) is 0 Å². The molecule has 15 heavy (non-hydrogen) atoms. The number of aryl methyl sites for hydroxylation is 1. The van der Waals surface area contributed by atoms with Gasteiger partial charge < -0.3 is 10.0 Å². The smallest absolute Gasteiger partial charge is 0.306 e. The van der Waals surface area contributed by atoms with Gasteiger partial charge in [-0.1, -0.05) is 0 Å². The van der Waals surface area contributed by atoms with Crippen molar-refractivity contribution in [1.82, 2.24) is 10.2 Å². The number of aromatic nitrogens is 2. The van der Waals surface area contributed by atoms with Gasteiger partial charge >= 0.3 is 5.97 Å². The van der Waals surface area contributed by atoms with Crippen molar-refractivity contribution in [2.75, 3.05) is 19.0 Å². The van der Waals surface area contributed by atoms with Gasteiger partial charge in [-0.25, -0.2) is 0 Å². The van der Waals surface area contributed by atoms with E-state index in [2.05, 4.69) is 10.2 Å². The first-order chi connectivity index (χ1) is 7.09. The first-order valence-electron chi connectivity index (χ1n) is 5.06. The third-order valence-electron chi connectivity index (χ3n) is 2.90. The van der Waals surface area contributed by atoms with Gasteiger partial charge in [-0.3, -0.25) is 9.89 Å². The van der Waals surface area contributed by atoms with Crippen molar-refractivity contribution in [3.63, 3.8) is 0 Å². The van der Waals surface area contributed by atoms with Crippen LogP contribution in [0.25, 0.3) is 0 Å². The summed E-state index contributed by atoms with van der Waals surface area (Å²) in [6.07, 6.45) is 2.08. The fourth-order valence-electron chi connectivity index (χ4n) is 2.06. The Balaban J connectivity index is 2.30. The van der Waals surface area contributed by atoms with Crippen LogP contribution < -0.4 is 4.90 Å². The lowest BCUT2D eigenvalue weighted by atomic mass is 9.87. The van der Waals surface area contributed by atoms with Crippen LogP contribution in [0.15, 0.2) is 0 Å². The molecule has 0 aliphatic heterocycles. The van der Waals surface area contributed by atoms with Crippen LogP contribution in [0.3, 0.4) is 0 Å². The molecule has 0 saturated heterocycles. The molecule has 0 amide bonds. The zero-order valence-electron chi connectivity index (χ0n) is 8.95. The summed E-state index contributed by atoms with van der Waals surface area (Å²) < 4.78 is 0. The van der Waals surface area contributed by atoms with Gasteiger partial charge in [0.1, 0.15) is 0 Å². The second-order valence-corrected chi connectivity index (χ2v) is 4.18. The third-order valence-corrected chi connectivity index (χ3v) is 2.90. The standard InChI is InChI=1S/C10H15N3O2/c1-13(2)9-7-5-6(10(14)15)3-4-8(7)11-12-9/h6H,3-5H2,1-2H3,(H,11,12)(H,14,15). The number of carbonyl (C=O) groups is 1. The lowest BCUT2D eigenvalue weighted by molar-refractivity contribution is -0.142. The first kappa shape index (κ1) is 10.0. The lowest BCUT2D eigenvalue weighted by Crippen LogP contribution is -2.23. The van der Waals surface area contributed by atoms with Crippen molar-refractivity contribution in [2.24, 2.45) is 5.92 Å². The summed E-state index contributed by atoms with van der Waals surface area (Å²) >= 11 is 0. The lowest BCUT2D eigenvalue weighted by Gasteiger charge is -2.20. The fraction of sp³-hybridized carbons (Fsp3) is 0.600. The molecule has 2 rings (SSSR count). The molecule has 1 heterocycles. The van der Waals surface area contributed by atoms with E-state index in [1.807, 2.05) is 19.0 Å². The van der Waals surface area contributed by atoms with E-state index in [1.165, 1.54) is 0 Å². The number of carboxylic acid groups (broad SMARTS) is 1. The summed E-state index contributed by atoms with van der Waals surface area (Å²) in [7, 11) is 3.83. The van der Waals surface area contributed by atoms with Crippen molar-refractivity contribution >= 4 is 11.8 Å². The normalized spacial score (nSPS) is 19.7. The Bertz CT molecular complexity index is 384. The van der Waals surface area contributed by atoms with E-state index < -0.39 is 5.97 Å². The fourth-order valence-corrected chi connectivity index (χ4v) is 2.06. The number of aliphatic carboxylic acids is 1. The monoisotopic (exact) mass is 209 g/mol. The molecule has 0 spiro atoms. The molecule has 0 saturated carbocycles. The zero-order valence-corrected chi connectivity index (χ0v) is 8.95. The quantitative estimate of drug-likeness (QED) is 0.751. The van der Waals surface area contributed by atoms with Crippen LogP contribution in [0.1, 0.15) is 17.7 Å². The van der Waals surface area contributed by atoms with E-state index in [-0.39, 0.29) is 5.92 Å². The van der Waals surface area contributed by atoms with Crippen molar-refractivity contribution in [3.8, 4) is 0 Å². The van der Waals surface area contributed by atoms with Crippen LogP contribution in [0.5, 0.6) is 0 Å². The summed E-state index contributed by atoms with van der Waals surface area (Å²) in [5, 5.41) is 16.2. The summed E-state index contributed by atoms with van der Waals surface area (Å²) in [5.74, 6) is -0.0868. The average Bonchev–Trinajstić information content (AvgIpc) is 2.59. The molecule has 5 nitrogen and oxygen atoms in total. The molecule has 0 aromatic carbocycles. The number of hydrogen-bond acceptors (Lipinski definition) is 3. The minimum atomic E-state index is -0.702. The van der Waals surface area contributed by atoms with Crippen molar-refractivity contribution in [2.45, 2.75) is 19.3 Å². The Hall–Kier alpha value is -1.52. The van der Waals surface area contributed by atoms with Gasteiger partial charge in [0.15, 0.2) is 5.82 Å². The number of hydrogen-bond donors (Lipinski definition) is 2. The zero-order chi connectivity index (χ0) is 11.0. The van der Waals surface area contributed by atoms with Crippen LogP contribution in [-0.4, -0.2) is 35.4 Å². The molecule has 1 aromatic rings. The van der Waals surface area contributed by atoms with Gasteiger partial charge in [-0.05, 0) is 19.3 Å². The van der Waals surface area contributed by atoms with Gasteiger partial charge in [-0.2, -0.15) is 5.10 Å². The summed E-state index contributed by atoms with van der Waals surface area (Å²) in [5.41, 5.74) is 2.16. The topological polar surface area (TPSA) is 69.2 Å². The van der Waals surface area contributed by atoms with Crippen LogP contribution in [0, 0.1) is 5.92 Å². The highest BCUT2D eigenvalue weighted by molar-refractivity contribution is 5.71. The molecule has 1 aromatic heterocycles. The van der Waals surface area contributed by atoms with Crippen LogP contribution in [-0.2, 0) is 17.6 Å². The van der Waals surface area contributed by atoms with Crippen LogP contribution in [0.4, 0.5) is 5.82 Å². The predicted octanol–water partition coefficient (Wildman–Crippen LogP) is 0.665. The SMILES string of the molecule is CN(C)c1n[nH]c2c1CC(C(=O)O)CC2. The van der Waals surface area contributed by atoms with Gasteiger partial charge in [0.05, 0.1) is 5.92 Å². The molecule has 82 valence electrons. The highest BCUT2D eigenvalue weighted by Gasteiger charge is 2.28. The highest BCUT2D eigenvalue weighted by Crippen LogP contribution is 2.30. The highest BCUT2D eigenvalue weighted by atomic mass is 16.4. The second-order valence-electron chi connectivity index (χ2n) is 4.18. The maximum atomic E-state index is 10.9. The van der Waals surface area contributed by atoms with Gasteiger partial charge in [0.25, 0.3) is 0 Å². The van der Waals surface area contributed by atoms with Crippen LogP contribution >= 0.6 is 0 Å². The molecule has 1 aliphatic rings. The minimum Gasteiger partial charge on any atom is -0.481 e. The summed E-state index contributed by atoms with van der Waals surface area (Å²) in [4.78, 5) is 12.8. The number of H-pyrrole nitrogens is 1. The molecule has 5 heteroatoms. The number of anilines is 1. The summed E-state index contributed by atoms with van der Waals surface area (Å²) in [6.45, 7) is 0. The molecular weight excluding hydrogens is 194 g/mol. The van der Waals surface area contributed by atoms with Crippen LogP contribution in [0.2, 0.25) is 0 Å². The van der Waals surface area contributed by atoms with Gasteiger partial charge in [0.2, 0.25) is 0 Å². The number of rotatable bonds is 2. The average molecular weight is 209 g/mol. The van der Waals surface area contributed by atoms with E-state index in [9.17, 15) is 4.79 Å². The van der Waals surface area contributed by atoms with Gasteiger partial charge in [0, 0.05) is 25.4 Å². The molecule has 1 unspecified atom stereocenters. The number of carboxylic acids is 1. The maximum absolute atomic E-state index is 10.9. The number of nitrogens with one attached hydrogen (secondary N) is 1. The van der Waals surface area contributed by atoms with E-state index in [0.29, 0.717) is 12.8 Å². The molecular formula is C10H15N3O2. The second kappa shape index (κ2) is 3.56. The maximum Gasteiger partial charge on any atom is 0.306 e. The van der Waals surface area contributed by atoms with E-state index in [0.717, 1.165) is 23.5 Å². The minimum absolute atomic E-state index is 0.256. The van der Waals surface area contributed by atoms with Gasteiger partial charge in [-0.15, -0.1) is 0 Å². The molecule has 0 fully saturated rings. The van der Waals surface area contributed by atoms with Crippen molar-refractivity contribution in [3.05, 3.63) is 11.3 Å². The van der Waals surface area contributed by atoms with E-state index in [4.69, 9.17) is 5.11 Å². The Morgan fingerprint density at radius 3 is 2.93 bits per heavy atom. The first-order valence-corrected chi connectivity index (χ1v) is 5.06. The number of aromatic amines is 1. The predicted molar refractivity (Wildman–Crippen MR) is 56.1 cm³/mol. The number of fused-ring (bicyclic) bond motifs is 1. The Morgan fingerprint density at radius 1 is 1.60 bits per heavy atom. The molecule has 1 aliphatic carbocycles. The number of nitrogens with zero attached hydrogens (tertiary/aromatic N) is 2. The largest absolute Gasteiger partial charge is 0.481 e. The summed E-state index contributed by atoms with van der Waals surface area (Å²) in [6, 6.07) is 0. The Kier molecular flexibility index (Phi) is 2.38. The Labute approximate surface area is 88.1 Å². The Morgan fingerprint density at radius 2 is 2.33 bits per heavy atom. The van der Waals surface area contributed by atoms with Crippen molar-refractivity contribution in [1.29, 1.82) is 0 Å². The molecule has 2 N–H and O–H groups in total. The van der Waals surface area contributed by atoms with E-state index >= 15 is 0 Å². The molecule has 0 bridgehead atoms. The third kappa shape index (κ3) is 1.69. The molecule has 0 radical (unpaired) electrons. The van der Waals surface area contributed by atoms with Crippen molar-refractivity contribution < 1.29 is 9.90 Å². The molecule has 1 atom stereocenters.